The quantitative estimate of drug-likeness (QED) is 0.0685. The van der Waals surface area contributed by atoms with Gasteiger partial charge in [-0.1, -0.05) is 179 Å². The molecule has 0 radical (unpaired) electrons. The Balaban J connectivity index is 1.25. The Morgan fingerprint density at radius 1 is 0.386 bits per heavy atom. The molecule has 0 aliphatic heterocycles. The highest BCUT2D eigenvalue weighted by molar-refractivity contribution is 5.96. The Labute approximate surface area is 272 Å². The minimum atomic E-state index is 0.254. The number of benzene rings is 2. The zero-order chi connectivity index (χ0) is 31.5. The van der Waals surface area contributed by atoms with Crippen LogP contribution in [0.25, 0.3) is 0 Å². The standard InChI is InChI=1S/C42H66O2/c1-3-41(43)39-33-27-31-37(35-39)29-25-23-21-19-17-15-13-11-9-7-5-6-8-10-12-14-16-18-20-22-24-26-30-38-32-28-34-40(36-38)42(44)4-2/h27-28,31-36H,3-26,29-30H2,1-2H3. The minimum absolute atomic E-state index is 0.254. The lowest BCUT2D eigenvalue weighted by atomic mass is 10.0. The van der Waals surface area contributed by atoms with E-state index in [0.717, 1.165) is 24.0 Å². The third-order valence-electron chi connectivity index (χ3n) is 9.32. The summed E-state index contributed by atoms with van der Waals surface area (Å²) < 4.78 is 0. The molecule has 44 heavy (non-hydrogen) atoms. The summed E-state index contributed by atoms with van der Waals surface area (Å²) in [6.45, 7) is 3.87. The Bertz CT molecular complexity index is 925. The maximum atomic E-state index is 11.9. The smallest absolute Gasteiger partial charge is 0.162 e. The number of unbranched alkanes of at least 4 members (excludes halogenated alkanes) is 21. The lowest BCUT2D eigenvalue weighted by Crippen LogP contribution is -1.97. The van der Waals surface area contributed by atoms with Gasteiger partial charge in [-0.3, -0.25) is 9.59 Å². The van der Waals surface area contributed by atoms with Crippen LogP contribution in [0.2, 0.25) is 0 Å². The van der Waals surface area contributed by atoms with Crippen LogP contribution in [0, 0.1) is 0 Å². The summed E-state index contributed by atoms with van der Waals surface area (Å²) in [7, 11) is 0. The Kier molecular flexibility index (Phi) is 22.5. The normalized spacial score (nSPS) is 11.2. The van der Waals surface area contributed by atoms with Crippen LogP contribution in [-0.2, 0) is 12.8 Å². The number of carbonyl (C=O) groups excluding carboxylic acids is 2. The fourth-order valence-corrected chi connectivity index (χ4v) is 6.40. The molecule has 0 unspecified atom stereocenters. The van der Waals surface area contributed by atoms with Crippen LogP contribution in [0.1, 0.15) is 200 Å². The van der Waals surface area contributed by atoms with E-state index in [1.54, 1.807) is 0 Å². The highest BCUT2D eigenvalue weighted by Gasteiger charge is 2.05. The van der Waals surface area contributed by atoms with E-state index in [-0.39, 0.29) is 11.6 Å². The Morgan fingerprint density at radius 2 is 0.636 bits per heavy atom. The second kappa shape index (κ2) is 26.0. The van der Waals surface area contributed by atoms with Crippen molar-refractivity contribution in [3.63, 3.8) is 0 Å². The van der Waals surface area contributed by atoms with Crippen LogP contribution in [0.4, 0.5) is 0 Å². The fourth-order valence-electron chi connectivity index (χ4n) is 6.40. The van der Waals surface area contributed by atoms with Crippen molar-refractivity contribution >= 4 is 11.6 Å². The van der Waals surface area contributed by atoms with Gasteiger partial charge in [0.15, 0.2) is 11.6 Å². The molecule has 0 heterocycles. The van der Waals surface area contributed by atoms with E-state index in [1.807, 2.05) is 38.1 Å². The van der Waals surface area contributed by atoms with Gasteiger partial charge in [0, 0.05) is 24.0 Å². The molecule has 2 rings (SSSR count). The molecule has 2 aromatic carbocycles. The van der Waals surface area contributed by atoms with E-state index < -0.39 is 0 Å². The third kappa shape index (κ3) is 18.6. The van der Waals surface area contributed by atoms with Crippen LogP contribution in [0.3, 0.4) is 0 Å². The summed E-state index contributed by atoms with van der Waals surface area (Å²) in [6, 6.07) is 16.5. The molecule has 2 nitrogen and oxygen atoms in total. The van der Waals surface area contributed by atoms with Crippen molar-refractivity contribution in [3.8, 4) is 0 Å². The predicted molar refractivity (Wildman–Crippen MR) is 191 cm³/mol. The molecule has 0 saturated heterocycles. The zero-order valence-corrected chi connectivity index (χ0v) is 28.8. The highest BCUT2D eigenvalue weighted by Crippen LogP contribution is 2.17. The lowest BCUT2D eigenvalue weighted by Gasteiger charge is -2.05. The van der Waals surface area contributed by atoms with Crippen molar-refractivity contribution < 1.29 is 9.59 Å². The van der Waals surface area contributed by atoms with E-state index in [2.05, 4.69) is 24.3 Å². The second-order valence-electron chi connectivity index (χ2n) is 13.2. The van der Waals surface area contributed by atoms with E-state index in [1.165, 1.54) is 152 Å². The monoisotopic (exact) mass is 603 g/mol. The summed E-state index contributed by atoms with van der Waals surface area (Å²) in [5.74, 6) is 0.509. The first-order valence-corrected chi connectivity index (χ1v) is 18.9. The first-order valence-electron chi connectivity index (χ1n) is 18.9. The molecule has 0 fully saturated rings. The molecule has 2 aromatic rings. The summed E-state index contributed by atoms with van der Waals surface area (Å²) in [5.41, 5.74) is 4.40. The zero-order valence-electron chi connectivity index (χ0n) is 28.8. The molecule has 0 atom stereocenters. The number of aryl methyl sites for hydroxylation is 2. The van der Waals surface area contributed by atoms with E-state index in [4.69, 9.17) is 0 Å². The van der Waals surface area contributed by atoms with E-state index in [0.29, 0.717) is 12.8 Å². The van der Waals surface area contributed by atoms with Crippen molar-refractivity contribution in [2.75, 3.05) is 0 Å². The molecule has 246 valence electrons. The molecular weight excluding hydrogens is 536 g/mol. The molecule has 0 amide bonds. The largest absolute Gasteiger partial charge is 0.294 e. The van der Waals surface area contributed by atoms with Gasteiger partial charge >= 0.3 is 0 Å². The van der Waals surface area contributed by atoms with Crippen LogP contribution >= 0.6 is 0 Å². The van der Waals surface area contributed by atoms with Crippen LogP contribution < -0.4 is 0 Å². The Morgan fingerprint density at radius 3 is 0.886 bits per heavy atom. The van der Waals surface area contributed by atoms with Gasteiger partial charge in [0.2, 0.25) is 0 Å². The number of hydrogen-bond acceptors (Lipinski definition) is 2. The minimum Gasteiger partial charge on any atom is -0.294 e. The van der Waals surface area contributed by atoms with Gasteiger partial charge in [-0.2, -0.15) is 0 Å². The number of ketones is 2. The van der Waals surface area contributed by atoms with Crippen LogP contribution in [-0.4, -0.2) is 11.6 Å². The summed E-state index contributed by atoms with van der Waals surface area (Å²) in [5, 5.41) is 0. The molecule has 0 saturated carbocycles. The van der Waals surface area contributed by atoms with Gasteiger partial charge in [-0.25, -0.2) is 0 Å². The van der Waals surface area contributed by atoms with Crippen LogP contribution in [0.15, 0.2) is 48.5 Å². The number of hydrogen-bond donors (Lipinski definition) is 0. The van der Waals surface area contributed by atoms with Gasteiger partial charge in [0.25, 0.3) is 0 Å². The Hall–Kier alpha value is -2.22. The second-order valence-corrected chi connectivity index (χ2v) is 13.2. The maximum Gasteiger partial charge on any atom is 0.162 e. The average Bonchev–Trinajstić information content (AvgIpc) is 3.06. The molecule has 0 bridgehead atoms. The van der Waals surface area contributed by atoms with Crippen molar-refractivity contribution in [1.82, 2.24) is 0 Å². The molecule has 0 aliphatic rings. The average molecular weight is 603 g/mol. The number of Topliss-reactive ketones (excluding diaryl/α,β-unsaturated/α-hetero) is 2. The van der Waals surface area contributed by atoms with Crippen LogP contribution in [0.5, 0.6) is 0 Å². The van der Waals surface area contributed by atoms with Gasteiger partial charge in [-0.15, -0.1) is 0 Å². The SMILES string of the molecule is CCC(=O)c1cccc(CCCCCCCCCCCCCCCCCCCCCCCCc2cccc(C(=O)CC)c2)c1. The fraction of sp³-hybridized carbons (Fsp3) is 0.667. The molecule has 2 heteroatoms. The number of rotatable bonds is 29. The van der Waals surface area contributed by atoms with Gasteiger partial charge in [0.1, 0.15) is 0 Å². The predicted octanol–water partition coefficient (Wildman–Crippen LogP) is 13.2. The maximum absolute atomic E-state index is 11.9. The first-order chi connectivity index (χ1) is 21.6. The van der Waals surface area contributed by atoms with Gasteiger partial charge < -0.3 is 0 Å². The molecular formula is C42H66O2. The topological polar surface area (TPSA) is 34.1 Å². The van der Waals surface area contributed by atoms with Crippen molar-refractivity contribution in [1.29, 1.82) is 0 Å². The number of carbonyl (C=O) groups is 2. The summed E-state index contributed by atoms with van der Waals surface area (Å²) in [4.78, 5) is 23.8. The molecule has 0 N–H and O–H groups in total. The van der Waals surface area contributed by atoms with Crippen molar-refractivity contribution in [2.45, 2.75) is 181 Å². The van der Waals surface area contributed by atoms with Crippen molar-refractivity contribution in [2.24, 2.45) is 0 Å². The van der Waals surface area contributed by atoms with E-state index >= 15 is 0 Å². The highest BCUT2D eigenvalue weighted by atomic mass is 16.1. The van der Waals surface area contributed by atoms with E-state index in [9.17, 15) is 9.59 Å². The van der Waals surface area contributed by atoms with Gasteiger partial charge in [-0.05, 0) is 48.9 Å². The van der Waals surface area contributed by atoms with Crippen molar-refractivity contribution in [3.05, 3.63) is 70.8 Å². The van der Waals surface area contributed by atoms with Gasteiger partial charge in [0.05, 0.1) is 0 Å². The third-order valence-corrected chi connectivity index (χ3v) is 9.32. The lowest BCUT2D eigenvalue weighted by molar-refractivity contribution is 0.0980. The summed E-state index contributed by atoms with van der Waals surface area (Å²) in [6.07, 6.45) is 33.9. The molecule has 0 aliphatic carbocycles. The molecule has 0 aromatic heterocycles. The molecule has 0 spiro atoms. The first kappa shape index (κ1) is 38.0. The summed E-state index contributed by atoms with van der Waals surface area (Å²) >= 11 is 0.